The predicted molar refractivity (Wildman–Crippen MR) is 82.5 cm³/mol. The van der Waals surface area contributed by atoms with Crippen LogP contribution in [0.2, 0.25) is 10.0 Å². The van der Waals surface area contributed by atoms with E-state index in [1.807, 2.05) is 0 Å². The number of benzene rings is 2. The lowest BCUT2D eigenvalue weighted by molar-refractivity contribution is 0.103. The Balaban J connectivity index is 2.78. The maximum Gasteiger partial charge on any atom is 0.204 e. The Kier molecular flexibility index (Phi) is 4.13. The van der Waals surface area contributed by atoms with E-state index in [2.05, 4.69) is 0 Å². The van der Waals surface area contributed by atoms with Crippen molar-refractivity contribution in [3.05, 3.63) is 44.4 Å². The topological polar surface area (TPSA) is 98.0 Å². The van der Waals surface area contributed by atoms with Gasteiger partial charge in [-0.1, -0.05) is 23.2 Å². The van der Waals surface area contributed by atoms with E-state index in [9.17, 15) is 25.2 Å². The molecule has 5 nitrogen and oxygen atoms in total. The highest BCUT2D eigenvalue weighted by Crippen LogP contribution is 2.43. The van der Waals surface area contributed by atoms with E-state index < -0.39 is 28.6 Å². The van der Waals surface area contributed by atoms with Crippen molar-refractivity contribution >= 4 is 29.0 Å². The third-order valence-corrected chi connectivity index (χ3v) is 3.92. The highest BCUT2D eigenvalue weighted by Gasteiger charge is 2.27. The molecule has 2 rings (SSSR count). The van der Waals surface area contributed by atoms with Crippen LogP contribution in [0.3, 0.4) is 0 Å². The van der Waals surface area contributed by atoms with E-state index in [0.717, 1.165) is 6.07 Å². The lowest BCUT2D eigenvalue weighted by Gasteiger charge is -2.14. The van der Waals surface area contributed by atoms with Crippen LogP contribution in [-0.2, 0) is 0 Å². The molecule has 0 bridgehead atoms. The molecule has 0 aliphatic heterocycles. The van der Waals surface area contributed by atoms with E-state index >= 15 is 0 Å². The number of ketones is 1. The molecule has 0 spiro atoms. The van der Waals surface area contributed by atoms with Crippen molar-refractivity contribution in [1.82, 2.24) is 0 Å². The Labute approximate surface area is 136 Å². The molecule has 7 heteroatoms. The molecular weight excluding hydrogens is 331 g/mol. The molecule has 0 amide bonds. The molecule has 116 valence electrons. The Bertz CT molecular complexity index is 773. The standard InChI is InChI=1S/C15H12Cl2O5/c1-5-3-9(18)10(6(2)12(5)19)15(22)11-13(20)7(16)4-8(17)14(11)21/h3-4,18-21H,1-2H3. The van der Waals surface area contributed by atoms with Gasteiger partial charge in [0.25, 0.3) is 0 Å². The smallest absolute Gasteiger partial charge is 0.204 e. The minimum absolute atomic E-state index is 0.109. The summed E-state index contributed by atoms with van der Waals surface area (Å²) in [5.74, 6) is -2.80. The monoisotopic (exact) mass is 342 g/mol. The van der Waals surface area contributed by atoms with Gasteiger partial charge in [-0.05, 0) is 31.5 Å². The molecule has 2 aromatic rings. The third kappa shape index (κ3) is 2.42. The highest BCUT2D eigenvalue weighted by atomic mass is 35.5. The number of aryl methyl sites for hydroxylation is 1. The van der Waals surface area contributed by atoms with Gasteiger partial charge in [0.2, 0.25) is 5.78 Å². The van der Waals surface area contributed by atoms with E-state index in [-0.39, 0.29) is 26.9 Å². The molecule has 0 atom stereocenters. The summed E-state index contributed by atoms with van der Waals surface area (Å²) < 4.78 is 0. The van der Waals surface area contributed by atoms with Crippen LogP contribution in [0.1, 0.15) is 27.0 Å². The largest absolute Gasteiger partial charge is 0.507 e. The SMILES string of the molecule is Cc1cc(O)c(C(=O)c2c(O)c(Cl)cc(Cl)c2O)c(C)c1O. The fourth-order valence-electron chi connectivity index (χ4n) is 2.18. The lowest BCUT2D eigenvalue weighted by atomic mass is 9.94. The second kappa shape index (κ2) is 5.59. The summed E-state index contributed by atoms with van der Waals surface area (Å²) in [7, 11) is 0. The number of halogens is 2. The van der Waals surface area contributed by atoms with Gasteiger partial charge in [0, 0.05) is 5.56 Å². The van der Waals surface area contributed by atoms with Gasteiger partial charge in [-0.2, -0.15) is 0 Å². The van der Waals surface area contributed by atoms with Gasteiger partial charge in [0.05, 0.1) is 15.6 Å². The Morgan fingerprint density at radius 1 is 0.864 bits per heavy atom. The number of rotatable bonds is 2. The number of hydrogen-bond acceptors (Lipinski definition) is 5. The summed E-state index contributed by atoms with van der Waals surface area (Å²) >= 11 is 11.5. The zero-order valence-corrected chi connectivity index (χ0v) is 13.1. The van der Waals surface area contributed by atoms with Crippen molar-refractivity contribution in [3.8, 4) is 23.0 Å². The first-order valence-electron chi connectivity index (χ1n) is 6.13. The maximum atomic E-state index is 12.6. The van der Waals surface area contributed by atoms with Crippen LogP contribution < -0.4 is 0 Å². The summed E-state index contributed by atoms with van der Waals surface area (Å²) in [6.45, 7) is 2.98. The summed E-state index contributed by atoms with van der Waals surface area (Å²) in [5, 5.41) is 39.3. The number of phenols is 4. The number of aromatic hydroxyl groups is 4. The zero-order chi connectivity index (χ0) is 16.8. The molecule has 0 aliphatic rings. The summed E-state index contributed by atoms with van der Waals surface area (Å²) in [5.41, 5.74) is -0.312. The fourth-order valence-corrected chi connectivity index (χ4v) is 2.64. The van der Waals surface area contributed by atoms with Gasteiger partial charge >= 0.3 is 0 Å². The molecule has 0 fully saturated rings. The Morgan fingerprint density at radius 2 is 1.36 bits per heavy atom. The average molecular weight is 343 g/mol. The molecule has 0 saturated carbocycles. The summed E-state index contributed by atoms with van der Waals surface area (Å²) in [6, 6.07) is 2.29. The normalized spacial score (nSPS) is 10.7. The van der Waals surface area contributed by atoms with Crippen LogP contribution in [0.25, 0.3) is 0 Å². The maximum absolute atomic E-state index is 12.6. The first-order valence-corrected chi connectivity index (χ1v) is 6.89. The van der Waals surface area contributed by atoms with Gasteiger partial charge < -0.3 is 20.4 Å². The molecule has 0 heterocycles. The number of carbonyl (C=O) groups is 1. The minimum Gasteiger partial charge on any atom is -0.507 e. The van der Waals surface area contributed by atoms with Crippen molar-refractivity contribution in [3.63, 3.8) is 0 Å². The molecule has 22 heavy (non-hydrogen) atoms. The fraction of sp³-hybridized carbons (Fsp3) is 0.133. The molecular formula is C15H12Cl2O5. The Morgan fingerprint density at radius 3 is 1.86 bits per heavy atom. The number of hydrogen-bond donors (Lipinski definition) is 4. The van der Waals surface area contributed by atoms with Crippen LogP contribution in [0.4, 0.5) is 0 Å². The predicted octanol–water partition coefficient (Wildman–Crippen LogP) is 3.66. The zero-order valence-electron chi connectivity index (χ0n) is 11.6. The van der Waals surface area contributed by atoms with E-state index in [1.165, 1.54) is 13.0 Å². The van der Waals surface area contributed by atoms with E-state index in [1.54, 1.807) is 6.92 Å². The van der Waals surface area contributed by atoms with Gasteiger partial charge in [-0.25, -0.2) is 0 Å². The van der Waals surface area contributed by atoms with Crippen LogP contribution in [0, 0.1) is 13.8 Å². The molecule has 0 radical (unpaired) electrons. The summed E-state index contributed by atoms with van der Waals surface area (Å²) in [6.07, 6.45) is 0. The number of phenolic OH excluding ortho intramolecular Hbond substituents is 4. The second-order valence-electron chi connectivity index (χ2n) is 4.80. The van der Waals surface area contributed by atoms with Crippen molar-refractivity contribution in [1.29, 1.82) is 0 Å². The van der Waals surface area contributed by atoms with E-state index in [4.69, 9.17) is 23.2 Å². The van der Waals surface area contributed by atoms with Crippen molar-refractivity contribution in [2.24, 2.45) is 0 Å². The Hall–Kier alpha value is -2.11. The third-order valence-electron chi connectivity index (χ3n) is 3.35. The van der Waals surface area contributed by atoms with E-state index in [0.29, 0.717) is 5.56 Å². The second-order valence-corrected chi connectivity index (χ2v) is 5.62. The molecule has 0 unspecified atom stereocenters. The molecule has 2 aromatic carbocycles. The number of carbonyl (C=O) groups excluding carboxylic acids is 1. The van der Waals surface area contributed by atoms with Crippen LogP contribution in [0.15, 0.2) is 12.1 Å². The van der Waals surface area contributed by atoms with Gasteiger partial charge in [0.15, 0.2) is 0 Å². The molecule has 0 aliphatic carbocycles. The minimum atomic E-state index is -0.912. The molecule has 0 aromatic heterocycles. The quantitative estimate of drug-likeness (QED) is 0.493. The molecule has 0 saturated heterocycles. The van der Waals surface area contributed by atoms with Crippen molar-refractivity contribution in [2.75, 3.05) is 0 Å². The lowest BCUT2D eigenvalue weighted by Crippen LogP contribution is -2.06. The first-order chi connectivity index (χ1) is 10.2. The van der Waals surface area contributed by atoms with Crippen LogP contribution in [-0.4, -0.2) is 26.2 Å². The van der Waals surface area contributed by atoms with Gasteiger partial charge in [0.1, 0.15) is 28.6 Å². The van der Waals surface area contributed by atoms with Gasteiger partial charge in [-0.3, -0.25) is 4.79 Å². The van der Waals surface area contributed by atoms with Crippen molar-refractivity contribution < 1.29 is 25.2 Å². The van der Waals surface area contributed by atoms with Crippen LogP contribution >= 0.6 is 23.2 Å². The van der Waals surface area contributed by atoms with Crippen molar-refractivity contribution in [2.45, 2.75) is 13.8 Å². The molecule has 4 N–H and O–H groups in total. The summed E-state index contributed by atoms with van der Waals surface area (Å²) in [4.78, 5) is 12.6. The highest BCUT2D eigenvalue weighted by molar-refractivity contribution is 6.38. The van der Waals surface area contributed by atoms with Gasteiger partial charge in [-0.15, -0.1) is 0 Å². The van der Waals surface area contributed by atoms with Crippen LogP contribution in [0.5, 0.6) is 23.0 Å². The average Bonchev–Trinajstić information content (AvgIpc) is 2.43. The first kappa shape index (κ1) is 16.3.